The maximum absolute atomic E-state index is 14.3. The highest BCUT2D eigenvalue weighted by atomic mass is 28.4. The van der Waals surface area contributed by atoms with Crippen molar-refractivity contribution in [3.63, 3.8) is 0 Å². The molecule has 10 heteroatoms. The predicted octanol–water partition coefficient (Wildman–Crippen LogP) is 3.09. The number of β-lactam (4-membered cyclic amide) rings is 1. The molecule has 2 N–H and O–H groups in total. The average Bonchev–Trinajstić information content (AvgIpc) is 3.37. The molecule has 0 radical (unpaired) electrons. The first kappa shape index (κ1) is 28.8. The molecule has 3 amide bonds. The Bertz CT molecular complexity index is 1460. The van der Waals surface area contributed by atoms with Gasteiger partial charge in [-0.1, -0.05) is 37.3 Å². The Labute approximate surface area is 247 Å². The third-order valence-electron chi connectivity index (χ3n) is 9.70. The second-order valence-electron chi connectivity index (χ2n) is 12.6. The summed E-state index contributed by atoms with van der Waals surface area (Å²) in [7, 11) is -2.98. The van der Waals surface area contributed by atoms with E-state index in [1.54, 1.807) is 20.8 Å². The molecule has 1 spiro atoms. The number of aliphatic hydroxyl groups excluding tert-OH is 1. The van der Waals surface area contributed by atoms with Crippen LogP contribution in [0.5, 0.6) is 0 Å². The first-order valence-corrected chi connectivity index (χ1v) is 17.8. The Kier molecular flexibility index (Phi) is 7.16. The number of fused-ring (bicyclic) bond motifs is 3. The van der Waals surface area contributed by atoms with E-state index in [4.69, 9.17) is 4.74 Å². The van der Waals surface area contributed by atoms with Gasteiger partial charge in [0.2, 0.25) is 11.8 Å². The highest BCUT2D eigenvalue weighted by Crippen LogP contribution is 2.60. The van der Waals surface area contributed by atoms with Crippen molar-refractivity contribution in [1.82, 2.24) is 4.90 Å². The lowest BCUT2D eigenvalue weighted by Crippen LogP contribution is -2.48. The van der Waals surface area contributed by atoms with Crippen molar-refractivity contribution in [3.05, 3.63) is 71.8 Å². The summed E-state index contributed by atoms with van der Waals surface area (Å²) in [6, 6.07) is 13.2. The Morgan fingerprint density at radius 1 is 1.19 bits per heavy atom. The number of carbonyl (C=O) groups is 3. The summed E-state index contributed by atoms with van der Waals surface area (Å²) < 4.78 is 6.83. The summed E-state index contributed by atoms with van der Waals surface area (Å²) in [5.41, 5.74) is 2.42. The van der Waals surface area contributed by atoms with Crippen molar-refractivity contribution in [1.29, 1.82) is 0 Å². The fourth-order valence-corrected chi connectivity index (χ4v) is 10.2. The van der Waals surface area contributed by atoms with E-state index in [1.165, 1.54) is 0 Å². The van der Waals surface area contributed by atoms with Gasteiger partial charge in [-0.3, -0.25) is 14.4 Å². The van der Waals surface area contributed by atoms with Gasteiger partial charge in [-0.05, 0) is 48.8 Å². The highest BCUT2D eigenvalue weighted by molar-refractivity contribution is 6.71. The minimum atomic E-state index is -2.98. The number of rotatable bonds is 7. The third-order valence-corrected chi connectivity index (χ3v) is 12.2. The van der Waals surface area contributed by atoms with Gasteiger partial charge in [0.25, 0.3) is 5.91 Å². The van der Waals surface area contributed by atoms with Crippen LogP contribution < -0.4 is 9.80 Å². The highest BCUT2D eigenvalue weighted by Gasteiger charge is 2.66. The third kappa shape index (κ3) is 4.35. The monoisotopic (exact) mass is 589 g/mol. The number of ether oxygens (including phenoxy) is 1. The number of nitrogens with zero attached hydrogens (tertiary/aromatic N) is 3. The zero-order chi connectivity index (χ0) is 30.0. The van der Waals surface area contributed by atoms with Crippen LogP contribution in [0.4, 0.5) is 11.4 Å². The van der Waals surface area contributed by atoms with Gasteiger partial charge < -0.3 is 29.3 Å². The van der Waals surface area contributed by atoms with Crippen LogP contribution in [-0.4, -0.2) is 72.7 Å². The molecule has 4 aliphatic heterocycles. The van der Waals surface area contributed by atoms with E-state index in [0.29, 0.717) is 42.9 Å². The number of hydrogen-bond acceptors (Lipinski definition) is 6. The van der Waals surface area contributed by atoms with E-state index >= 15 is 0 Å². The Hall–Kier alpha value is -3.31. The molecule has 2 aromatic rings. The van der Waals surface area contributed by atoms with Crippen molar-refractivity contribution < 1.29 is 29.0 Å². The number of benzene rings is 2. The summed E-state index contributed by atoms with van der Waals surface area (Å²) >= 11 is 0. The van der Waals surface area contributed by atoms with Gasteiger partial charge in [0, 0.05) is 48.8 Å². The van der Waals surface area contributed by atoms with Crippen LogP contribution in [0, 0.1) is 5.92 Å². The number of aliphatic hydroxyl groups is 1. The number of carbonyl (C=O) groups excluding carboxylic acids is 3. The van der Waals surface area contributed by atoms with Crippen LogP contribution in [-0.2, 0) is 37.7 Å². The average molecular weight is 590 g/mol. The van der Waals surface area contributed by atoms with Gasteiger partial charge in [0.1, 0.15) is 0 Å². The lowest BCUT2D eigenvalue weighted by molar-refractivity contribution is -0.150. The van der Waals surface area contributed by atoms with Crippen LogP contribution in [0.15, 0.2) is 55.1 Å². The molecule has 222 valence electrons. The Balaban J connectivity index is 1.37. The molecular formula is C32H39N3O6Si. The van der Waals surface area contributed by atoms with Crippen LogP contribution in [0.3, 0.4) is 0 Å². The number of anilines is 2. The van der Waals surface area contributed by atoms with Crippen molar-refractivity contribution in [2.45, 2.75) is 69.1 Å². The van der Waals surface area contributed by atoms with Gasteiger partial charge in [-0.2, -0.15) is 0 Å². The SMILES string of the molecule is C=CCN1C(=O)[C@@]2(O[C@@H](CC(=O)N3Cc4ccccc4C[C@H]3CO)[C@H]([Si](C)(C)O)[C@H]2C)c2cc(N3CCC3=O)ccc21. The largest absolute Gasteiger partial charge is 0.432 e. The topological polar surface area (TPSA) is 111 Å². The first-order chi connectivity index (χ1) is 20.0. The lowest BCUT2D eigenvalue weighted by atomic mass is 9.82. The summed E-state index contributed by atoms with van der Waals surface area (Å²) in [5, 5.41) is 10.2. The van der Waals surface area contributed by atoms with E-state index in [1.807, 2.05) is 62.5 Å². The quantitative estimate of drug-likeness (QED) is 0.292. The van der Waals surface area contributed by atoms with Gasteiger partial charge in [0.05, 0.1) is 30.9 Å². The summed E-state index contributed by atoms with van der Waals surface area (Å²) in [6.45, 7) is 10.6. The van der Waals surface area contributed by atoms with Crippen LogP contribution in [0.1, 0.15) is 36.5 Å². The van der Waals surface area contributed by atoms with E-state index in [-0.39, 0.29) is 43.3 Å². The summed E-state index contributed by atoms with van der Waals surface area (Å²) in [6.07, 6.45) is 2.00. The first-order valence-electron chi connectivity index (χ1n) is 14.8. The lowest BCUT2D eigenvalue weighted by Gasteiger charge is -2.37. The summed E-state index contributed by atoms with van der Waals surface area (Å²) in [5.74, 6) is -0.811. The second-order valence-corrected chi connectivity index (χ2v) is 16.6. The minimum Gasteiger partial charge on any atom is -0.432 e. The molecular weight excluding hydrogens is 550 g/mol. The normalized spacial score (nSPS) is 28.6. The van der Waals surface area contributed by atoms with Gasteiger partial charge >= 0.3 is 0 Å². The summed E-state index contributed by atoms with van der Waals surface area (Å²) in [4.78, 5) is 57.2. The number of amides is 3. The van der Waals surface area contributed by atoms with E-state index in [0.717, 1.165) is 11.1 Å². The van der Waals surface area contributed by atoms with Gasteiger partial charge in [-0.15, -0.1) is 6.58 Å². The second kappa shape index (κ2) is 10.4. The zero-order valence-electron chi connectivity index (χ0n) is 24.5. The molecule has 0 bridgehead atoms. The van der Waals surface area contributed by atoms with E-state index < -0.39 is 31.5 Å². The molecule has 0 aromatic heterocycles. The van der Waals surface area contributed by atoms with E-state index in [2.05, 4.69) is 6.58 Å². The van der Waals surface area contributed by atoms with E-state index in [9.17, 15) is 24.3 Å². The van der Waals surface area contributed by atoms with Crippen LogP contribution >= 0.6 is 0 Å². The molecule has 2 saturated heterocycles. The molecule has 2 aromatic carbocycles. The van der Waals surface area contributed by atoms with Gasteiger partial charge in [-0.25, -0.2) is 0 Å². The van der Waals surface area contributed by atoms with Gasteiger partial charge in [0.15, 0.2) is 13.9 Å². The van der Waals surface area contributed by atoms with Crippen molar-refractivity contribution >= 4 is 37.4 Å². The molecule has 0 aliphatic carbocycles. The van der Waals surface area contributed by atoms with Crippen molar-refractivity contribution in [2.75, 3.05) is 29.5 Å². The molecule has 6 rings (SSSR count). The molecule has 42 heavy (non-hydrogen) atoms. The molecule has 9 nitrogen and oxygen atoms in total. The Morgan fingerprint density at radius 3 is 2.55 bits per heavy atom. The van der Waals surface area contributed by atoms with Crippen molar-refractivity contribution in [2.24, 2.45) is 5.92 Å². The molecule has 0 saturated carbocycles. The smallest absolute Gasteiger partial charge is 0.264 e. The maximum atomic E-state index is 14.3. The fraction of sp³-hybridized carbons (Fsp3) is 0.469. The molecule has 2 fully saturated rings. The standard InChI is InChI=1S/C32H39N3O6Si/c1-5-13-34-26-11-10-23(33-14-12-28(33)37)16-25(26)32(31(34)39)20(2)30(42(3,4)40)27(41-32)17-29(38)35-18-22-9-7-6-8-21(22)15-24(35)19-36/h5-11,16,20,24,27,30,36,40H,1,12-15,17-19H2,2-4H3/t20-,24+,27+,30-,32+/m1/s1. The zero-order valence-corrected chi connectivity index (χ0v) is 25.5. The molecule has 4 aliphatic rings. The van der Waals surface area contributed by atoms with Crippen LogP contribution in [0.25, 0.3) is 0 Å². The predicted molar refractivity (Wildman–Crippen MR) is 161 cm³/mol. The van der Waals surface area contributed by atoms with Crippen molar-refractivity contribution in [3.8, 4) is 0 Å². The molecule has 0 unspecified atom stereocenters. The Morgan fingerprint density at radius 2 is 1.93 bits per heavy atom. The van der Waals surface area contributed by atoms with Crippen LogP contribution in [0.2, 0.25) is 18.6 Å². The molecule has 5 atom stereocenters. The molecule has 4 heterocycles. The fourth-order valence-electron chi connectivity index (χ4n) is 7.66. The maximum Gasteiger partial charge on any atom is 0.264 e. The number of hydrogen-bond donors (Lipinski definition) is 2. The minimum absolute atomic E-state index is 0.0131.